The van der Waals surface area contributed by atoms with Crippen LogP contribution in [0.4, 0.5) is 0 Å². The van der Waals surface area contributed by atoms with Crippen LogP contribution in [0, 0.1) is 5.92 Å². The second-order valence-corrected chi connectivity index (χ2v) is 5.45. The molecule has 0 aliphatic carbocycles. The number of aliphatic hydroxyl groups is 1. The number of hydrogen-bond donors (Lipinski definition) is 4. The van der Waals surface area contributed by atoms with Gasteiger partial charge in [0.2, 0.25) is 0 Å². The van der Waals surface area contributed by atoms with Gasteiger partial charge in [-0.25, -0.2) is 4.72 Å². The van der Waals surface area contributed by atoms with Crippen molar-refractivity contribution in [2.24, 2.45) is 5.92 Å². The summed E-state index contributed by atoms with van der Waals surface area (Å²) in [7, 11) is -3.91. The third-order valence-electron chi connectivity index (χ3n) is 1.71. The van der Waals surface area contributed by atoms with Gasteiger partial charge < -0.3 is 10.2 Å². The fourth-order valence-corrected chi connectivity index (χ4v) is 2.11. The number of carbonyl (C=O) groups is 1. The van der Waals surface area contributed by atoms with Crippen LogP contribution in [0.3, 0.4) is 0 Å². The van der Waals surface area contributed by atoms with Gasteiger partial charge in [0.25, 0.3) is 10.2 Å². The lowest BCUT2D eigenvalue weighted by Gasteiger charge is -2.17. The zero-order valence-electron chi connectivity index (χ0n) is 9.47. The highest BCUT2D eigenvalue weighted by atomic mass is 32.2. The molecular formula is C8H18N2O5S. The van der Waals surface area contributed by atoms with E-state index in [9.17, 15) is 13.2 Å². The fourth-order valence-electron chi connectivity index (χ4n) is 0.840. The van der Waals surface area contributed by atoms with Crippen molar-refractivity contribution in [3.63, 3.8) is 0 Å². The molecule has 0 unspecified atom stereocenters. The molecule has 0 aromatic rings. The number of nitrogens with one attached hydrogen (secondary N) is 2. The highest BCUT2D eigenvalue weighted by Gasteiger charge is 2.27. The van der Waals surface area contributed by atoms with E-state index in [1.54, 1.807) is 0 Å². The normalized spacial score (nSPS) is 16.1. The van der Waals surface area contributed by atoms with Crippen molar-refractivity contribution in [1.82, 2.24) is 9.44 Å². The van der Waals surface area contributed by atoms with Gasteiger partial charge in [0.15, 0.2) is 0 Å². The molecule has 0 saturated carbocycles. The van der Waals surface area contributed by atoms with Crippen LogP contribution in [0.25, 0.3) is 0 Å². The molecule has 0 rings (SSSR count). The highest BCUT2D eigenvalue weighted by molar-refractivity contribution is 7.87. The quantitative estimate of drug-likeness (QED) is 0.460. The molecule has 2 atom stereocenters. The monoisotopic (exact) mass is 254 g/mol. The molecule has 0 saturated heterocycles. The summed E-state index contributed by atoms with van der Waals surface area (Å²) in [5.41, 5.74) is 0. The van der Waals surface area contributed by atoms with E-state index in [-0.39, 0.29) is 12.5 Å². The summed E-state index contributed by atoms with van der Waals surface area (Å²) in [5, 5.41) is 17.8. The maximum Gasteiger partial charge on any atom is 0.324 e. The molecule has 0 bridgehead atoms. The van der Waals surface area contributed by atoms with Gasteiger partial charge in [0.1, 0.15) is 6.04 Å². The average molecular weight is 254 g/mol. The SMILES string of the molecule is CC(C)CNS(=O)(=O)N[C@H](C(=O)O)[C@@H](C)O. The highest BCUT2D eigenvalue weighted by Crippen LogP contribution is 1.96. The third kappa shape index (κ3) is 6.01. The van der Waals surface area contributed by atoms with Gasteiger partial charge in [-0.2, -0.15) is 13.1 Å². The summed E-state index contributed by atoms with van der Waals surface area (Å²) in [6, 6.07) is -1.55. The Kier molecular flexibility index (Phi) is 5.87. The summed E-state index contributed by atoms with van der Waals surface area (Å²) in [6.45, 7) is 5.02. The average Bonchev–Trinajstić information content (AvgIpc) is 2.10. The molecule has 0 amide bonds. The van der Waals surface area contributed by atoms with E-state index in [4.69, 9.17) is 10.2 Å². The van der Waals surface area contributed by atoms with Crippen LogP contribution in [-0.4, -0.2) is 43.3 Å². The van der Waals surface area contributed by atoms with Gasteiger partial charge in [0, 0.05) is 6.54 Å². The molecule has 0 fully saturated rings. The first-order valence-corrected chi connectivity index (χ1v) is 6.32. The van der Waals surface area contributed by atoms with E-state index in [0.29, 0.717) is 0 Å². The molecule has 0 spiro atoms. The lowest BCUT2D eigenvalue weighted by atomic mass is 10.2. The third-order valence-corrected chi connectivity index (χ3v) is 2.82. The second kappa shape index (κ2) is 6.14. The topological polar surface area (TPSA) is 116 Å². The second-order valence-electron chi connectivity index (χ2n) is 3.92. The Hall–Kier alpha value is -0.700. The molecule has 0 aliphatic heterocycles. The zero-order valence-corrected chi connectivity index (χ0v) is 10.3. The lowest BCUT2D eigenvalue weighted by molar-refractivity contribution is -0.141. The summed E-state index contributed by atoms with van der Waals surface area (Å²) in [6.07, 6.45) is -1.31. The number of carboxylic acids is 1. The van der Waals surface area contributed by atoms with Gasteiger partial charge in [0.05, 0.1) is 6.10 Å². The Balaban J connectivity index is 4.49. The first kappa shape index (κ1) is 15.3. The Bertz CT molecular complexity index is 325. The maximum absolute atomic E-state index is 11.4. The van der Waals surface area contributed by atoms with Crippen LogP contribution in [0.2, 0.25) is 0 Å². The Morgan fingerprint density at radius 1 is 1.31 bits per heavy atom. The molecule has 0 aliphatic rings. The van der Waals surface area contributed by atoms with Gasteiger partial charge in [-0.05, 0) is 12.8 Å². The molecule has 0 aromatic carbocycles. The largest absolute Gasteiger partial charge is 0.480 e. The van der Waals surface area contributed by atoms with Gasteiger partial charge in [-0.15, -0.1) is 0 Å². The standard InChI is InChI=1S/C8H18N2O5S/c1-5(2)4-9-16(14,15)10-7(6(3)11)8(12)13/h5-7,9-11H,4H2,1-3H3,(H,12,13)/t6-,7+/m1/s1. The zero-order chi connectivity index (χ0) is 12.9. The van der Waals surface area contributed by atoms with E-state index >= 15 is 0 Å². The van der Waals surface area contributed by atoms with Crippen molar-refractivity contribution in [3.8, 4) is 0 Å². The number of rotatable bonds is 7. The van der Waals surface area contributed by atoms with E-state index in [1.165, 1.54) is 6.92 Å². The Morgan fingerprint density at radius 3 is 2.12 bits per heavy atom. The summed E-state index contributed by atoms with van der Waals surface area (Å²) in [5.74, 6) is -1.32. The van der Waals surface area contributed by atoms with E-state index in [0.717, 1.165) is 0 Å². The fraction of sp³-hybridized carbons (Fsp3) is 0.875. The lowest BCUT2D eigenvalue weighted by Crippen LogP contribution is -2.51. The number of hydrogen-bond acceptors (Lipinski definition) is 4. The number of carboxylic acid groups (broad SMARTS) is 1. The van der Waals surface area contributed by atoms with Crippen LogP contribution in [0.15, 0.2) is 0 Å². The van der Waals surface area contributed by atoms with Crippen molar-refractivity contribution in [3.05, 3.63) is 0 Å². The molecule has 0 aromatic heterocycles. The van der Waals surface area contributed by atoms with Crippen molar-refractivity contribution in [2.75, 3.05) is 6.54 Å². The molecule has 16 heavy (non-hydrogen) atoms. The smallest absolute Gasteiger partial charge is 0.324 e. The molecular weight excluding hydrogens is 236 g/mol. The minimum absolute atomic E-state index is 0.103. The van der Waals surface area contributed by atoms with Gasteiger partial charge in [-0.3, -0.25) is 4.79 Å². The van der Waals surface area contributed by atoms with Crippen molar-refractivity contribution < 1.29 is 23.4 Å². The van der Waals surface area contributed by atoms with Crippen LogP contribution < -0.4 is 9.44 Å². The number of aliphatic hydroxyl groups excluding tert-OH is 1. The summed E-state index contributed by atoms with van der Waals surface area (Å²) < 4.78 is 26.8. The molecule has 7 nitrogen and oxygen atoms in total. The van der Waals surface area contributed by atoms with Crippen molar-refractivity contribution in [2.45, 2.75) is 32.9 Å². The van der Waals surface area contributed by atoms with E-state index < -0.39 is 28.3 Å². The van der Waals surface area contributed by atoms with Crippen molar-refractivity contribution in [1.29, 1.82) is 0 Å². The minimum Gasteiger partial charge on any atom is -0.480 e. The molecule has 0 radical (unpaired) electrons. The minimum atomic E-state index is -3.91. The maximum atomic E-state index is 11.4. The van der Waals surface area contributed by atoms with Crippen LogP contribution in [-0.2, 0) is 15.0 Å². The predicted molar refractivity (Wildman–Crippen MR) is 58.0 cm³/mol. The molecule has 0 heterocycles. The predicted octanol–water partition coefficient (Wildman–Crippen LogP) is -1.10. The summed E-state index contributed by atoms with van der Waals surface area (Å²) in [4.78, 5) is 10.6. The van der Waals surface area contributed by atoms with Crippen LogP contribution in [0.5, 0.6) is 0 Å². The van der Waals surface area contributed by atoms with E-state index in [2.05, 4.69) is 4.72 Å². The van der Waals surface area contributed by atoms with Gasteiger partial charge in [-0.1, -0.05) is 13.8 Å². The van der Waals surface area contributed by atoms with Crippen LogP contribution in [0.1, 0.15) is 20.8 Å². The first-order valence-electron chi connectivity index (χ1n) is 4.83. The Labute approximate surface area is 95.0 Å². The molecule has 96 valence electrons. The molecule has 8 heteroatoms. The number of aliphatic carboxylic acids is 1. The van der Waals surface area contributed by atoms with Gasteiger partial charge >= 0.3 is 5.97 Å². The molecule has 4 N–H and O–H groups in total. The van der Waals surface area contributed by atoms with Crippen molar-refractivity contribution >= 4 is 16.2 Å². The first-order chi connectivity index (χ1) is 7.15. The Morgan fingerprint density at radius 2 is 1.81 bits per heavy atom. The summed E-state index contributed by atoms with van der Waals surface area (Å²) >= 11 is 0. The van der Waals surface area contributed by atoms with Crippen LogP contribution >= 0.6 is 0 Å². The van der Waals surface area contributed by atoms with E-state index in [1.807, 2.05) is 18.6 Å².